The van der Waals surface area contributed by atoms with Gasteiger partial charge in [0.2, 0.25) is 11.8 Å². The number of halogens is 2. The number of carbonyl (C=O) groups excluding carboxylic acids is 1. The molecule has 37 heavy (non-hydrogen) atoms. The number of methoxy groups -OCH3 is 1. The maximum atomic E-state index is 12.1. The van der Waals surface area contributed by atoms with Crippen molar-refractivity contribution < 1.29 is 19.4 Å². The number of anilines is 1. The van der Waals surface area contributed by atoms with Gasteiger partial charge < -0.3 is 25.4 Å². The Hall–Kier alpha value is -3.56. The third kappa shape index (κ3) is 5.57. The van der Waals surface area contributed by atoms with Gasteiger partial charge in [-0.05, 0) is 37.1 Å². The zero-order chi connectivity index (χ0) is 26.7. The number of nitrogens with two attached hydrogens (primary N) is 1. The van der Waals surface area contributed by atoms with Crippen LogP contribution in [-0.4, -0.2) is 63.1 Å². The number of pyridine rings is 2. The van der Waals surface area contributed by atoms with E-state index in [0.29, 0.717) is 75.6 Å². The monoisotopic (exact) mass is 543 g/mol. The van der Waals surface area contributed by atoms with Crippen LogP contribution in [0.5, 0.6) is 5.88 Å². The summed E-state index contributed by atoms with van der Waals surface area (Å²) in [5, 5.41) is 10.6. The molecule has 3 heterocycles. The lowest BCUT2D eigenvalue weighted by atomic mass is 10.0. The lowest BCUT2D eigenvalue weighted by molar-refractivity contribution is -0.130. The number of hydrogen-bond acceptors (Lipinski definition) is 6. The van der Waals surface area contributed by atoms with Crippen LogP contribution in [0, 0.1) is 0 Å². The van der Waals surface area contributed by atoms with Crippen molar-refractivity contribution >= 4 is 40.9 Å². The summed E-state index contributed by atoms with van der Waals surface area (Å²) in [5.41, 5.74) is 9.20. The van der Waals surface area contributed by atoms with Gasteiger partial charge in [-0.2, -0.15) is 0 Å². The Kier molecular flexibility index (Phi) is 8.04. The van der Waals surface area contributed by atoms with E-state index in [1.54, 1.807) is 47.5 Å². The molecular weight excluding hydrogens is 517 g/mol. The molecule has 0 aliphatic carbocycles. The van der Waals surface area contributed by atoms with Crippen LogP contribution < -0.4 is 10.5 Å². The Bertz CT molecular complexity index is 1330. The molecular formula is C26H27Cl2N5O4. The molecule has 1 fully saturated rings. The Morgan fingerprint density at radius 1 is 1.14 bits per heavy atom. The van der Waals surface area contributed by atoms with E-state index in [-0.39, 0.29) is 18.5 Å². The first kappa shape index (κ1) is 26.5. The predicted octanol–water partition coefficient (Wildman–Crippen LogP) is 5.20. The first-order chi connectivity index (χ1) is 17.7. The highest BCUT2D eigenvalue weighted by molar-refractivity contribution is 6.38. The van der Waals surface area contributed by atoms with Crippen molar-refractivity contribution in [3.8, 4) is 28.4 Å². The van der Waals surface area contributed by atoms with E-state index in [4.69, 9.17) is 33.7 Å². The largest absolute Gasteiger partial charge is 0.481 e. The van der Waals surface area contributed by atoms with E-state index in [9.17, 15) is 14.7 Å². The average Bonchev–Trinajstić information content (AvgIpc) is 2.89. The third-order valence-corrected chi connectivity index (χ3v) is 7.32. The minimum atomic E-state index is -1.03. The molecule has 194 valence electrons. The van der Waals surface area contributed by atoms with E-state index in [1.807, 2.05) is 0 Å². The van der Waals surface area contributed by atoms with Crippen molar-refractivity contribution in [2.75, 3.05) is 25.9 Å². The number of rotatable bonds is 6. The fourth-order valence-corrected chi connectivity index (χ4v) is 5.03. The van der Waals surface area contributed by atoms with Crippen LogP contribution in [0.4, 0.5) is 10.5 Å². The number of hydrogen-bond donors (Lipinski definition) is 2. The minimum Gasteiger partial charge on any atom is -0.481 e. The average molecular weight is 544 g/mol. The number of nitrogens with zero attached hydrogens (tertiary/aromatic N) is 4. The highest BCUT2D eigenvalue weighted by Gasteiger charge is 2.29. The number of aromatic nitrogens is 2. The molecule has 2 aromatic heterocycles. The molecule has 1 aliphatic heterocycles. The number of carbonyl (C=O) groups is 2. The highest BCUT2D eigenvalue weighted by Crippen LogP contribution is 2.39. The summed E-state index contributed by atoms with van der Waals surface area (Å²) < 4.78 is 5.53. The van der Waals surface area contributed by atoms with Crippen LogP contribution in [0.2, 0.25) is 10.0 Å². The van der Waals surface area contributed by atoms with Gasteiger partial charge in [0.05, 0.1) is 40.8 Å². The van der Waals surface area contributed by atoms with Gasteiger partial charge in [-0.25, -0.2) is 9.78 Å². The molecule has 0 bridgehead atoms. The topological polar surface area (TPSA) is 122 Å². The minimum absolute atomic E-state index is 0.00211. The second kappa shape index (κ2) is 11.2. The number of carboxylic acid groups (broad SMARTS) is 1. The Morgan fingerprint density at radius 2 is 1.86 bits per heavy atom. The second-order valence-electron chi connectivity index (χ2n) is 8.74. The number of ether oxygens (including phenoxy) is 1. The van der Waals surface area contributed by atoms with Crippen molar-refractivity contribution in [3.63, 3.8) is 0 Å². The number of piperidine rings is 1. The molecule has 3 N–H and O–H groups in total. The van der Waals surface area contributed by atoms with Gasteiger partial charge >= 0.3 is 6.09 Å². The molecule has 0 atom stereocenters. The summed E-state index contributed by atoms with van der Waals surface area (Å²) >= 11 is 13.1. The van der Waals surface area contributed by atoms with Gasteiger partial charge in [0, 0.05) is 48.9 Å². The molecule has 0 unspecified atom stereocenters. The second-order valence-corrected chi connectivity index (χ2v) is 9.50. The number of nitrogen functional groups attached to an aromatic ring is 1. The molecule has 1 saturated heterocycles. The van der Waals surface area contributed by atoms with E-state index in [2.05, 4.69) is 9.97 Å². The quantitative estimate of drug-likeness (QED) is 0.409. The molecule has 11 heteroatoms. The summed E-state index contributed by atoms with van der Waals surface area (Å²) in [6.45, 7) is 2.68. The standard InChI is InChI=1S/C26H27Cl2N5O4/c1-15(34)32-12-9-17(10-13-32)33(26(35)36)14-16-6-7-21(31-25(16)37-2)18-8-11-30-24(23(18)28)19-4-3-5-20(29)22(19)27/h3-8,11,17H,9-10,12-14,29H2,1-2H3,(H,35,36). The van der Waals surface area contributed by atoms with Gasteiger partial charge in [0.25, 0.3) is 0 Å². The Balaban J connectivity index is 1.62. The summed E-state index contributed by atoms with van der Waals surface area (Å²) in [6, 6.07) is 10.3. The highest BCUT2D eigenvalue weighted by atomic mass is 35.5. The van der Waals surface area contributed by atoms with Crippen molar-refractivity contribution in [2.45, 2.75) is 32.4 Å². The molecule has 0 radical (unpaired) electrons. The SMILES string of the molecule is COc1nc(-c2ccnc(-c3cccc(N)c3Cl)c2Cl)ccc1CN(C(=O)O)C1CCN(C(C)=O)CC1. The van der Waals surface area contributed by atoms with Crippen LogP contribution in [-0.2, 0) is 11.3 Å². The van der Waals surface area contributed by atoms with E-state index >= 15 is 0 Å². The number of amides is 2. The van der Waals surface area contributed by atoms with Crippen LogP contribution in [0.1, 0.15) is 25.3 Å². The zero-order valence-corrected chi connectivity index (χ0v) is 22.0. The summed E-state index contributed by atoms with van der Waals surface area (Å²) in [7, 11) is 1.48. The van der Waals surface area contributed by atoms with Gasteiger partial charge in [-0.15, -0.1) is 0 Å². The van der Waals surface area contributed by atoms with Crippen molar-refractivity contribution in [3.05, 3.63) is 58.2 Å². The van der Waals surface area contributed by atoms with Gasteiger partial charge in [-0.1, -0.05) is 35.3 Å². The van der Waals surface area contributed by atoms with E-state index < -0.39 is 6.09 Å². The van der Waals surface area contributed by atoms with Crippen molar-refractivity contribution in [1.29, 1.82) is 0 Å². The maximum Gasteiger partial charge on any atom is 0.407 e. The lowest BCUT2D eigenvalue weighted by Crippen LogP contribution is -2.47. The molecule has 1 aliphatic rings. The molecule has 0 saturated carbocycles. The van der Waals surface area contributed by atoms with E-state index in [0.717, 1.165) is 0 Å². The molecule has 4 rings (SSSR count). The van der Waals surface area contributed by atoms with Gasteiger partial charge in [0.1, 0.15) is 0 Å². The zero-order valence-electron chi connectivity index (χ0n) is 20.4. The normalized spacial score (nSPS) is 13.9. The Morgan fingerprint density at radius 3 is 2.51 bits per heavy atom. The van der Waals surface area contributed by atoms with E-state index in [1.165, 1.54) is 18.9 Å². The first-order valence-electron chi connectivity index (χ1n) is 11.7. The summed E-state index contributed by atoms with van der Waals surface area (Å²) in [4.78, 5) is 35.9. The smallest absolute Gasteiger partial charge is 0.407 e. The molecule has 3 aromatic rings. The first-order valence-corrected chi connectivity index (χ1v) is 12.4. The van der Waals surface area contributed by atoms with Crippen LogP contribution in [0.3, 0.4) is 0 Å². The van der Waals surface area contributed by atoms with Crippen LogP contribution in [0.25, 0.3) is 22.5 Å². The molecule has 1 aromatic carbocycles. The van der Waals surface area contributed by atoms with Gasteiger partial charge in [0.15, 0.2) is 0 Å². The van der Waals surface area contributed by atoms with Crippen LogP contribution >= 0.6 is 23.2 Å². The van der Waals surface area contributed by atoms with Crippen molar-refractivity contribution in [2.24, 2.45) is 0 Å². The fourth-order valence-electron chi connectivity index (χ4n) is 4.51. The summed E-state index contributed by atoms with van der Waals surface area (Å²) in [5.74, 6) is 0.291. The van der Waals surface area contributed by atoms with Crippen LogP contribution in [0.15, 0.2) is 42.6 Å². The lowest BCUT2D eigenvalue weighted by Gasteiger charge is -2.37. The molecule has 2 amide bonds. The molecule has 9 nitrogen and oxygen atoms in total. The van der Waals surface area contributed by atoms with Crippen molar-refractivity contribution in [1.82, 2.24) is 19.8 Å². The summed E-state index contributed by atoms with van der Waals surface area (Å²) in [6.07, 6.45) is 1.72. The third-order valence-electron chi connectivity index (χ3n) is 6.52. The van der Waals surface area contributed by atoms with Gasteiger partial charge in [-0.3, -0.25) is 9.78 Å². The number of benzene rings is 1. The number of likely N-dealkylation sites (tertiary alicyclic amines) is 1. The predicted molar refractivity (Wildman–Crippen MR) is 143 cm³/mol. The molecule has 0 spiro atoms. The fraction of sp³-hybridized carbons (Fsp3) is 0.308. The maximum absolute atomic E-state index is 12.1. The Labute approximate surface area is 224 Å².